The van der Waals surface area contributed by atoms with E-state index in [1.165, 1.54) is 11.1 Å². The second-order valence-electron chi connectivity index (χ2n) is 10.2. The summed E-state index contributed by atoms with van der Waals surface area (Å²) < 4.78 is 11.8. The van der Waals surface area contributed by atoms with Crippen molar-refractivity contribution < 1.29 is 19.4 Å². The number of hydrogen-bond donors (Lipinski definition) is 1. The van der Waals surface area contributed by atoms with Gasteiger partial charge in [-0.25, -0.2) is 4.98 Å². The lowest BCUT2D eigenvalue weighted by atomic mass is 9.92. The molecule has 2 aliphatic rings. The molecule has 9 heteroatoms. The van der Waals surface area contributed by atoms with Gasteiger partial charge in [-0.15, -0.1) is 11.3 Å². The number of aromatic nitrogens is 1. The topological polar surface area (TPSA) is 75.1 Å². The molecule has 3 heterocycles. The van der Waals surface area contributed by atoms with Gasteiger partial charge in [-0.2, -0.15) is 0 Å². The van der Waals surface area contributed by atoms with Gasteiger partial charge < -0.3 is 19.5 Å². The second-order valence-corrected chi connectivity index (χ2v) is 11.5. The van der Waals surface area contributed by atoms with E-state index in [9.17, 15) is 9.90 Å². The Hall–Kier alpha value is -2.65. The number of morpholine rings is 1. The van der Waals surface area contributed by atoms with E-state index < -0.39 is 5.97 Å². The molecule has 1 aromatic heterocycles. The minimum atomic E-state index is -0.709. The summed E-state index contributed by atoms with van der Waals surface area (Å²) >= 11 is 7.94. The fraction of sp³-hybridized carbons (Fsp3) is 0.448. The summed E-state index contributed by atoms with van der Waals surface area (Å²) in [5.74, 6) is -0.259. The van der Waals surface area contributed by atoms with Crippen LogP contribution in [0.3, 0.4) is 0 Å². The summed E-state index contributed by atoms with van der Waals surface area (Å²) in [6.45, 7) is 9.83. The van der Waals surface area contributed by atoms with Crippen LogP contribution >= 0.6 is 22.9 Å². The second kappa shape index (κ2) is 12.0. The van der Waals surface area contributed by atoms with Gasteiger partial charge in [-0.1, -0.05) is 29.8 Å². The van der Waals surface area contributed by atoms with Gasteiger partial charge in [-0.3, -0.25) is 9.69 Å². The fourth-order valence-electron chi connectivity index (χ4n) is 5.22. The number of aliphatic carboxylic acids is 1. The Bertz CT molecular complexity index is 1280. The Balaban J connectivity index is 1.28. The number of aryl methyl sites for hydroxylation is 1. The number of carboxylic acid groups (broad SMARTS) is 1. The molecule has 0 aliphatic carbocycles. The third-order valence-electron chi connectivity index (χ3n) is 7.48. The van der Waals surface area contributed by atoms with Gasteiger partial charge in [0, 0.05) is 48.2 Å². The molecule has 2 aliphatic heterocycles. The number of ether oxygens (including phenoxy) is 2. The standard InChI is InChI=1S/C29H34ClN3O4S/c1-19-13-21(16-32-9-11-36-12-10-32)3-4-23(19)17-37-27-6-5-24(30)15-25(27)26-18-38-29(31-26)33-8-7-22(28(34)35)14-20(33)2/h3-6,13,15,18,20,22H,7-12,14,16-17H2,1-2H3,(H,34,35). The molecular weight excluding hydrogens is 522 g/mol. The zero-order valence-electron chi connectivity index (χ0n) is 21.9. The van der Waals surface area contributed by atoms with Crippen molar-refractivity contribution in [2.45, 2.75) is 45.9 Å². The lowest BCUT2D eigenvalue weighted by molar-refractivity contribution is -0.142. The average Bonchev–Trinajstić information content (AvgIpc) is 3.39. The number of benzene rings is 2. The largest absolute Gasteiger partial charge is 0.488 e. The third-order valence-corrected chi connectivity index (χ3v) is 8.59. The quantitative estimate of drug-likeness (QED) is 0.372. The summed E-state index contributed by atoms with van der Waals surface area (Å²) in [4.78, 5) is 21.0. The lowest BCUT2D eigenvalue weighted by Gasteiger charge is -2.36. The molecule has 2 saturated heterocycles. The van der Waals surface area contributed by atoms with Crippen molar-refractivity contribution in [3.8, 4) is 17.0 Å². The van der Waals surface area contributed by atoms with Crippen LogP contribution in [-0.4, -0.2) is 59.8 Å². The van der Waals surface area contributed by atoms with E-state index in [4.69, 9.17) is 26.1 Å². The first-order valence-corrected chi connectivity index (χ1v) is 14.4. The molecule has 7 nitrogen and oxygen atoms in total. The molecule has 38 heavy (non-hydrogen) atoms. The van der Waals surface area contributed by atoms with E-state index in [1.54, 1.807) is 11.3 Å². The van der Waals surface area contributed by atoms with Crippen LogP contribution in [0.15, 0.2) is 41.8 Å². The molecule has 2 unspecified atom stereocenters. The van der Waals surface area contributed by atoms with Crippen molar-refractivity contribution in [3.63, 3.8) is 0 Å². The van der Waals surface area contributed by atoms with Crippen molar-refractivity contribution in [2.75, 3.05) is 37.7 Å². The number of thiazole rings is 1. The maximum atomic E-state index is 11.4. The van der Waals surface area contributed by atoms with Crippen LogP contribution in [0.1, 0.15) is 36.5 Å². The number of nitrogens with zero attached hydrogens (tertiary/aromatic N) is 3. The molecule has 2 aromatic carbocycles. The Morgan fingerprint density at radius 3 is 2.76 bits per heavy atom. The van der Waals surface area contributed by atoms with Gasteiger partial charge in [0.25, 0.3) is 0 Å². The van der Waals surface area contributed by atoms with Gasteiger partial charge in [0.1, 0.15) is 12.4 Å². The SMILES string of the molecule is Cc1cc(CN2CCOCC2)ccc1COc1ccc(Cl)cc1-c1csc(N2CCC(C(=O)O)CC2C)n1. The summed E-state index contributed by atoms with van der Waals surface area (Å²) in [7, 11) is 0. The highest BCUT2D eigenvalue weighted by atomic mass is 35.5. The van der Waals surface area contributed by atoms with Gasteiger partial charge >= 0.3 is 5.97 Å². The predicted molar refractivity (Wildman–Crippen MR) is 151 cm³/mol. The van der Waals surface area contributed by atoms with E-state index in [1.807, 2.05) is 23.6 Å². The number of hydrogen-bond acceptors (Lipinski definition) is 7. The summed E-state index contributed by atoms with van der Waals surface area (Å²) in [5.41, 5.74) is 5.32. The van der Waals surface area contributed by atoms with Crippen LogP contribution in [0.25, 0.3) is 11.3 Å². The molecule has 2 atom stereocenters. The maximum Gasteiger partial charge on any atom is 0.306 e. The highest BCUT2D eigenvalue weighted by Crippen LogP contribution is 2.38. The number of rotatable bonds is 8. The Kier molecular flexibility index (Phi) is 8.53. The molecular formula is C29H34ClN3O4S. The number of anilines is 1. The minimum absolute atomic E-state index is 0.119. The van der Waals surface area contributed by atoms with Crippen molar-refractivity contribution in [1.29, 1.82) is 0 Å². The molecule has 0 bridgehead atoms. The average molecular weight is 556 g/mol. The van der Waals surface area contributed by atoms with E-state index >= 15 is 0 Å². The summed E-state index contributed by atoms with van der Waals surface area (Å²) in [6, 6.07) is 12.3. The Morgan fingerprint density at radius 2 is 2.03 bits per heavy atom. The molecule has 0 radical (unpaired) electrons. The van der Waals surface area contributed by atoms with Crippen LogP contribution in [0.2, 0.25) is 5.02 Å². The summed E-state index contributed by atoms with van der Waals surface area (Å²) in [5, 5.41) is 12.9. The normalized spacial score (nSPS) is 20.4. The van der Waals surface area contributed by atoms with E-state index in [0.29, 0.717) is 31.0 Å². The van der Waals surface area contributed by atoms with E-state index in [2.05, 4.69) is 41.8 Å². The highest BCUT2D eigenvalue weighted by Gasteiger charge is 2.31. The molecule has 0 saturated carbocycles. The van der Waals surface area contributed by atoms with Gasteiger partial charge in [-0.05, 0) is 61.6 Å². The molecule has 1 N–H and O–H groups in total. The van der Waals surface area contributed by atoms with Gasteiger partial charge in [0.2, 0.25) is 0 Å². The lowest BCUT2D eigenvalue weighted by Crippen LogP contribution is -2.42. The Morgan fingerprint density at radius 1 is 1.21 bits per heavy atom. The predicted octanol–water partition coefficient (Wildman–Crippen LogP) is 5.87. The molecule has 0 spiro atoms. The highest BCUT2D eigenvalue weighted by molar-refractivity contribution is 7.14. The Labute approximate surface area is 233 Å². The molecule has 3 aromatic rings. The number of carbonyl (C=O) groups is 1. The first-order chi connectivity index (χ1) is 18.4. The first-order valence-electron chi connectivity index (χ1n) is 13.1. The van der Waals surface area contributed by atoms with Crippen LogP contribution in [-0.2, 0) is 22.7 Å². The van der Waals surface area contributed by atoms with E-state index in [0.717, 1.165) is 60.5 Å². The maximum absolute atomic E-state index is 11.4. The van der Waals surface area contributed by atoms with Crippen LogP contribution in [0, 0.1) is 12.8 Å². The third kappa shape index (κ3) is 6.31. The molecule has 0 amide bonds. The minimum Gasteiger partial charge on any atom is -0.488 e. The van der Waals surface area contributed by atoms with Crippen LogP contribution < -0.4 is 9.64 Å². The van der Waals surface area contributed by atoms with Crippen LogP contribution in [0.4, 0.5) is 5.13 Å². The monoisotopic (exact) mass is 555 g/mol. The first kappa shape index (κ1) is 26.9. The zero-order valence-corrected chi connectivity index (χ0v) is 23.4. The van der Waals surface area contributed by atoms with Crippen molar-refractivity contribution in [3.05, 3.63) is 63.5 Å². The van der Waals surface area contributed by atoms with Crippen molar-refractivity contribution in [2.24, 2.45) is 5.92 Å². The smallest absolute Gasteiger partial charge is 0.306 e. The molecule has 5 rings (SSSR count). The molecule has 2 fully saturated rings. The van der Waals surface area contributed by atoms with Crippen LogP contribution in [0.5, 0.6) is 5.75 Å². The zero-order chi connectivity index (χ0) is 26.6. The van der Waals surface area contributed by atoms with Gasteiger partial charge in [0.05, 0.1) is 24.8 Å². The number of carboxylic acids is 1. The van der Waals surface area contributed by atoms with Crippen molar-refractivity contribution in [1.82, 2.24) is 9.88 Å². The number of piperidine rings is 1. The molecule has 202 valence electrons. The summed E-state index contributed by atoms with van der Waals surface area (Å²) in [6.07, 6.45) is 1.26. The van der Waals surface area contributed by atoms with Gasteiger partial charge in [0.15, 0.2) is 5.13 Å². The fourth-order valence-corrected chi connectivity index (χ4v) is 6.35. The van der Waals surface area contributed by atoms with Crippen molar-refractivity contribution >= 4 is 34.0 Å². The van der Waals surface area contributed by atoms with E-state index in [-0.39, 0.29) is 12.0 Å². The number of halogens is 1.